The van der Waals surface area contributed by atoms with E-state index in [2.05, 4.69) is 64.3 Å². The molecule has 0 bridgehead atoms. The summed E-state index contributed by atoms with van der Waals surface area (Å²) >= 11 is 0. The maximum atomic E-state index is 12.6. The minimum Gasteiger partial charge on any atom is -0.341 e. The minimum atomic E-state index is -4.34. The van der Waals surface area contributed by atoms with Gasteiger partial charge in [-0.1, -0.05) is 78.6 Å². The fraction of sp³-hybridized carbons (Fsp3) is 0.619. The van der Waals surface area contributed by atoms with E-state index in [0.717, 1.165) is 36.6 Å². The van der Waals surface area contributed by atoms with Crippen LogP contribution in [0, 0.1) is 5.92 Å². The van der Waals surface area contributed by atoms with Crippen LogP contribution in [0.3, 0.4) is 0 Å². The number of hydrogen-bond donors (Lipinski definition) is 2. The molecule has 304 valence electrons. The quantitative estimate of drug-likeness (QED) is 0.294. The van der Waals surface area contributed by atoms with Gasteiger partial charge in [0.05, 0.1) is 6.42 Å². The molecule has 2 aromatic rings. The molecule has 2 aliphatic heterocycles. The summed E-state index contributed by atoms with van der Waals surface area (Å²) < 4.78 is 36.9. The number of nitrogens with one attached hydrogen (secondary N) is 2. The molecule has 13 heteroatoms. The van der Waals surface area contributed by atoms with Gasteiger partial charge in [-0.05, 0) is 71.4 Å². The van der Waals surface area contributed by atoms with E-state index in [4.69, 9.17) is 0 Å². The number of hydrogen-bond acceptors (Lipinski definition) is 4. The zero-order valence-electron chi connectivity index (χ0n) is 33.6. The van der Waals surface area contributed by atoms with Crippen molar-refractivity contribution in [3.63, 3.8) is 0 Å². The van der Waals surface area contributed by atoms with Gasteiger partial charge in [-0.2, -0.15) is 13.2 Å². The molecule has 0 unspecified atom stereocenters. The summed E-state index contributed by atoms with van der Waals surface area (Å²) in [7, 11) is 0. The molecule has 1 saturated carbocycles. The van der Waals surface area contributed by atoms with Crippen LogP contribution in [0.5, 0.6) is 0 Å². The molecule has 0 spiro atoms. The number of carbonyl (C=O) groups excluding carboxylic acids is 4. The van der Waals surface area contributed by atoms with Crippen LogP contribution < -0.4 is 10.6 Å². The maximum absolute atomic E-state index is 12.6. The Morgan fingerprint density at radius 3 is 1.29 bits per heavy atom. The van der Waals surface area contributed by atoms with E-state index in [0.29, 0.717) is 57.8 Å². The Morgan fingerprint density at radius 2 is 0.927 bits per heavy atom. The van der Waals surface area contributed by atoms with Crippen LogP contribution in [0.25, 0.3) is 0 Å². The Labute approximate surface area is 325 Å². The van der Waals surface area contributed by atoms with Crippen LogP contribution >= 0.6 is 0 Å². The fourth-order valence-electron chi connectivity index (χ4n) is 6.55. The van der Waals surface area contributed by atoms with Gasteiger partial charge in [0.2, 0.25) is 11.8 Å². The summed E-state index contributed by atoms with van der Waals surface area (Å²) in [4.78, 5) is 56.2. The Balaban J connectivity index is 0.000000245. The zero-order valence-corrected chi connectivity index (χ0v) is 33.6. The van der Waals surface area contributed by atoms with Gasteiger partial charge in [-0.3, -0.25) is 9.59 Å². The van der Waals surface area contributed by atoms with Crippen molar-refractivity contribution < 1.29 is 32.3 Å². The molecular formula is C42H61F3N6O4. The maximum Gasteiger partial charge on any atom is 0.389 e. The summed E-state index contributed by atoms with van der Waals surface area (Å²) in [5, 5.41) is 5.84. The van der Waals surface area contributed by atoms with Crippen LogP contribution in [0.4, 0.5) is 34.1 Å². The van der Waals surface area contributed by atoms with Crippen LogP contribution in [-0.2, 0) is 20.4 Å². The number of benzene rings is 2. The lowest BCUT2D eigenvalue weighted by Crippen LogP contribution is -2.39. The predicted octanol–water partition coefficient (Wildman–Crippen LogP) is 8.63. The molecule has 10 nitrogen and oxygen atoms in total. The van der Waals surface area contributed by atoms with Crippen molar-refractivity contribution >= 4 is 35.3 Å². The molecule has 1 aliphatic carbocycles. The average molecular weight is 771 g/mol. The van der Waals surface area contributed by atoms with Gasteiger partial charge in [0.1, 0.15) is 0 Å². The fourth-order valence-corrected chi connectivity index (χ4v) is 6.55. The van der Waals surface area contributed by atoms with E-state index in [1.54, 1.807) is 4.90 Å². The molecule has 6 amide bonds. The van der Waals surface area contributed by atoms with Crippen LogP contribution in [0.15, 0.2) is 48.5 Å². The highest BCUT2D eigenvalue weighted by atomic mass is 19.4. The summed E-state index contributed by atoms with van der Waals surface area (Å²) in [5.74, 6) is 0.521. The standard InChI is InChI=1S/C22H33N3O2.C20H28F3N3O2/c1-22(2,3)18-8-10-19(11-9-18)23-21(27)25-14-4-13-24(15-16-25)20(26)12-7-17-5-6-17;1-19(2,3)15-5-7-16(8-6-15)24-18(28)26-12-4-11-25(13-14-26)17(27)9-10-20(21,22)23/h8-11,17H,4-7,12-16H2,1-3H3,(H,23,27);5-8H,4,9-14H2,1-3H3,(H,24,28). The second kappa shape index (κ2) is 19.0. The Kier molecular flexibility index (Phi) is 15.0. The first-order valence-corrected chi connectivity index (χ1v) is 19.7. The lowest BCUT2D eigenvalue weighted by molar-refractivity contribution is -0.149. The Bertz CT molecular complexity index is 1580. The molecule has 0 atom stereocenters. The zero-order chi connectivity index (χ0) is 40.4. The molecule has 2 saturated heterocycles. The van der Waals surface area contributed by atoms with E-state index in [1.807, 2.05) is 46.2 Å². The van der Waals surface area contributed by atoms with Crippen molar-refractivity contribution in [3.05, 3.63) is 59.7 Å². The monoisotopic (exact) mass is 770 g/mol. The van der Waals surface area contributed by atoms with Crippen molar-refractivity contribution in [2.45, 2.75) is 110 Å². The summed E-state index contributed by atoms with van der Waals surface area (Å²) in [6, 6.07) is 15.4. The van der Waals surface area contributed by atoms with E-state index >= 15 is 0 Å². The molecule has 0 aromatic heterocycles. The van der Waals surface area contributed by atoms with Gasteiger partial charge < -0.3 is 30.2 Å². The van der Waals surface area contributed by atoms with Gasteiger partial charge >= 0.3 is 18.2 Å². The number of anilines is 2. The van der Waals surface area contributed by atoms with Crippen molar-refractivity contribution in [1.82, 2.24) is 19.6 Å². The van der Waals surface area contributed by atoms with Crippen molar-refractivity contribution in [2.24, 2.45) is 5.92 Å². The van der Waals surface area contributed by atoms with Gasteiger partial charge in [-0.15, -0.1) is 0 Å². The predicted molar refractivity (Wildman–Crippen MR) is 211 cm³/mol. The smallest absolute Gasteiger partial charge is 0.341 e. The molecule has 0 radical (unpaired) electrons. The van der Waals surface area contributed by atoms with Crippen molar-refractivity contribution in [1.29, 1.82) is 0 Å². The summed E-state index contributed by atoms with van der Waals surface area (Å²) in [6.45, 7) is 16.9. The second-order valence-corrected chi connectivity index (χ2v) is 17.1. The van der Waals surface area contributed by atoms with E-state index in [1.165, 1.54) is 23.3 Å². The third-order valence-corrected chi connectivity index (χ3v) is 10.4. The SMILES string of the molecule is CC(C)(C)c1ccc(NC(=O)N2CCCN(C(=O)CCC(F)(F)F)CC2)cc1.CC(C)(C)c1ccc(NC(=O)N2CCCN(C(=O)CCC3CC3)CC2)cc1. The van der Waals surface area contributed by atoms with E-state index < -0.39 is 24.9 Å². The average Bonchev–Trinajstić information content (AvgIpc) is 3.98. The highest BCUT2D eigenvalue weighted by Crippen LogP contribution is 2.33. The molecule has 2 heterocycles. The molecular weight excluding hydrogens is 709 g/mol. The second-order valence-electron chi connectivity index (χ2n) is 17.1. The minimum absolute atomic E-state index is 0.0233. The lowest BCUT2D eigenvalue weighted by atomic mass is 9.87. The molecule has 3 fully saturated rings. The largest absolute Gasteiger partial charge is 0.389 e. The van der Waals surface area contributed by atoms with Gasteiger partial charge in [0.15, 0.2) is 0 Å². The van der Waals surface area contributed by atoms with Crippen LogP contribution in [-0.4, -0.2) is 102 Å². The highest BCUT2D eigenvalue weighted by Gasteiger charge is 2.30. The number of halogens is 3. The van der Waals surface area contributed by atoms with Crippen LogP contribution in [0.1, 0.15) is 104 Å². The molecule has 5 rings (SSSR count). The molecule has 3 aliphatic rings. The molecule has 2 N–H and O–H groups in total. The number of amides is 6. The van der Waals surface area contributed by atoms with Crippen molar-refractivity contribution in [3.8, 4) is 0 Å². The summed E-state index contributed by atoms with van der Waals surface area (Å²) in [6.07, 6.45) is -0.348. The number of rotatable bonds is 7. The number of alkyl halides is 3. The number of carbonyl (C=O) groups is 4. The number of nitrogens with zero attached hydrogens (tertiary/aromatic N) is 4. The first kappa shape index (κ1) is 43.4. The van der Waals surface area contributed by atoms with Crippen molar-refractivity contribution in [2.75, 3.05) is 63.0 Å². The van der Waals surface area contributed by atoms with Gasteiger partial charge in [0, 0.05) is 76.6 Å². The van der Waals surface area contributed by atoms with E-state index in [9.17, 15) is 32.3 Å². The normalized spacial score (nSPS) is 17.0. The topological polar surface area (TPSA) is 105 Å². The van der Waals surface area contributed by atoms with Gasteiger partial charge in [-0.25, -0.2) is 9.59 Å². The van der Waals surface area contributed by atoms with Gasteiger partial charge in [0.25, 0.3) is 0 Å². The Morgan fingerprint density at radius 1 is 0.564 bits per heavy atom. The summed E-state index contributed by atoms with van der Waals surface area (Å²) in [5.41, 5.74) is 4.03. The Hall–Kier alpha value is -4.29. The van der Waals surface area contributed by atoms with Crippen LogP contribution in [0.2, 0.25) is 0 Å². The first-order valence-electron chi connectivity index (χ1n) is 19.7. The molecule has 2 aromatic carbocycles. The third-order valence-electron chi connectivity index (χ3n) is 10.4. The third kappa shape index (κ3) is 14.7. The highest BCUT2D eigenvalue weighted by molar-refractivity contribution is 5.90. The lowest BCUT2D eigenvalue weighted by Gasteiger charge is -2.23. The number of urea groups is 2. The van der Waals surface area contributed by atoms with E-state index in [-0.39, 0.29) is 35.3 Å². The first-order chi connectivity index (χ1) is 25.8. The molecule has 55 heavy (non-hydrogen) atoms.